The van der Waals surface area contributed by atoms with Crippen LogP contribution in [0.5, 0.6) is 0 Å². The second-order valence-electron chi connectivity index (χ2n) is 2.45. The van der Waals surface area contributed by atoms with Crippen molar-refractivity contribution < 1.29 is 13.3 Å². The molecule has 1 heterocycles. The summed E-state index contributed by atoms with van der Waals surface area (Å²) in [6.07, 6.45) is 1.07. The summed E-state index contributed by atoms with van der Waals surface area (Å²) in [7, 11) is -1.31. The molecule has 0 fully saturated rings. The minimum Gasteiger partial charge on any atom is -0.358 e. The number of imidazole rings is 1. The fraction of sp³-hybridized carbons (Fsp3) is 0.400. The molecule has 9 heteroatoms. The van der Waals surface area contributed by atoms with Gasteiger partial charge in [-0.05, 0) is 17.0 Å². The molecule has 0 aliphatic carbocycles. The summed E-state index contributed by atoms with van der Waals surface area (Å²) < 4.78 is 25.7. The molecule has 14 heavy (non-hydrogen) atoms. The summed E-state index contributed by atoms with van der Waals surface area (Å²) in [5.74, 6) is -0.679. The lowest BCUT2D eigenvalue weighted by atomic mass is 10.8. The fourth-order valence-corrected chi connectivity index (χ4v) is 1.93. The van der Waals surface area contributed by atoms with Crippen molar-refractivity contribution in [2.75, 3.05) is 7.05 Å². The minimum atomic E-state index is -3.85. The lowest BCUT2D eigenvalue weighted by Gasteiger charge is -2.01. The van der Waals surface area contributed by atoms with Gasteiger partial charge in [-0.15, -0.1) is 0 Å². The summed E-state index contributed by atoms with van der Waals surface area (Å²) >= 11 is 0. The van der Waals surface area contributed by atoms with Crippen LogP contribution in [-0.4, -0.2) is 29.9 Å². The Labute approximate surface area is 79.8 Å². The van der Waals surface area contributed by atoms with Crippen LogP contribution in [0.3, 0.4) is 0 Å². The van der Waals surface area contributed by atoms with Crippen molar-refractivity contribution in [3.8, 4) is 0 Å². The zero-order valence-corrected chi connectivity index (χ0v) is 8.28. The first-order chi connectivity index (χ1) is 6.40. The lowest BCUT2D eigenvalue weighted by molar-refractivity contribution is -0.392. The highest BCUT2D eigenvalue weighted by atomic mass is 32.2. The molecule has 0 aromatic carbocycles. The second-order valence-corrected chi connectivity index (χ2v) is 4.25. The number of aryl methyl sites for hydroxylation is 1. The van der Waals surface area contributed by atoms with Gasteiger partial charge < -0.3 is 10.1 Å². The van der Waals surface area contributed by atoms with Crippen LogP contribution in [0.25, 0.3) is 0 Å². The van der Waals surface area contributed by atoms with E-state index < -0.39 is 25.8 Å². The Bertz CT molecular complexity index is 462. The summed E-state index contributed by atoms with van der Waals surface area (Å²) in [6, 6.07) is 0. The highest BCUT2D eigenvalue weighted by Crippen LogP contribution is 2.19. The molecule has 0 aliphatic rings. The van der Waals surface area contributed by atoms with E-state index in [0.717, 1.165) is 10.9 Å². The zero-order valence-electron chi connectivity index (χ0n) is 7.46. The Balaban J connectivity index is 3.47. The molecule has 0 bridgehead atoms. The molecule has 0 radical (unpaired) electrons. The molecule has 0 amide bonds. The maximum Gasteiger partial charge on any atom is 0.402 e. The van der Waals surface area contributed by atoms with Gasteiger partial charge in [0.2, 0.25) is 6.33 Å². The van der Waals surface area contributed by atoms with E-state index in [-0.39, 0.29) is 0 Å². The number of nitro groups is 1. The van der Waals surface area contributed by atoms with E-state index in [2.05, 4.69) is 4.98 Å². The van der Waals surface area contributed by atoms with Crippen LogP contribution in [0.2, 0.25) is 0 Å². The first kappa shape index (κ1) is 10.6. The summed E-state index contributed by atoms with van der Waals surface area (Å²) in [5, 5.41) is 9.98. The van der Waals surface area contributed by atoms with Crippen LogP contribution in [-0.2, 0) is 17.1 Å². The van der Waals surface area contributed by atoms with Gasteiger partial charge in [-0.1, -0.05) is 0 Å². The topological polar surface area (TPSA) is 107 Å². The summed E-state index contributed by atoms with van der Waals surface area (Å²) in [5.41, 5.74) is 0. The van der Waals surface area contributed by atoms with Gasteiger partial charge in [0.05, 0.1) is 0 Å². The molecular formula is C5H8N4O4S. The van der Waals surface area contributed by atoms with Crippen molar-refractivity contribution in [1.29, 1.82) is 0 Å². The van der Waals surface area contributed by atoms with Crippen LogP contribution in [0.4, 0.5) is 5.82 Å². The number of sulfonamides is 1. The Kier molecular flexibility index (Phi) is 2.53. The Morgan fingerprint density at radius 1 is 1.64 bits per heavy atom. The minimum absolute atomic E-state index is 0.454. The highest BCUT2D eigenvalue weighted by Gasteiger charge is 2.30. The lowest BCUT2D eigenvalue weighted by Crippen LogP contribution is -2.22. The molecule has 0 spiro atoms. The Morgan fingerprint density at radius 3 is 2.64 bits per heavy atom. The third kappa shape index (κ3) is 1.59. The number of hydrogen-bond donors (Lipinski definition) is 1. The van der Waals surface area contributed by atoms with Gasteiger partial charge in [0.15, 0.2) is 0 Å². The van der Waals surface area contributed by atoms with Crippen LogP contribution >= 0.6 is 0 Å². The van der Waals surface area contributed by atoms with Gasteiger partial charge in [-0.3, -0.25) is 4.57 Å². The first-order valence-corrected chi connectivity index (χ1v) is 4.97. The Morgan fingerprint density at radius 2 is 2.21 bits per heavy atom. The molecule has 1 aromatic heterocycles. The fourth-order valence-electron chi connectivity index (χ4n) is 0.938. The van der Waals surface area contributed by atoms with E-state index in [1.165, 1.54) is 14.1 Å². The average molecular weight is 220 g/mol. The van der Waals surface area contributed by atoms with Crippen LogP contribution in [0.1, 0.15) is 0 Å². The molecule has 1 rings (SSSR count). The molecule has 78 valence electrons. The van der Waals surface area contributed by atoms with Crippen molar-refractivity contribution in [2.24, 2.45) is 7.05 Å². The quantitative estimate of drug-likeness (QED) is 0.532. The van der Waals surface area contributed by atoms with E-state index in [4.69, 9.17) is 0 Å². The second kappa shape index (κ2) is 3.35. The zero-order chi connectivity index (χ0) is 10.9. The van der Waals surface area contributed by atoms with Gasteiger partial charge >= 0.3 is 5.82 Å². The summed E-state index contributed by atoms with van der Waals surface area (Å²) in [6.45, 7) is 0. The molecule has 0 atom stereocenters. The van der Waals surface area contributed by atoms with Crippen molar-refractivity contribution >= 4 is 15.8 Å². The smallest absolute Gasteiger partial charge is 0.358 e. The molecule has 0 saturated heterocycles. The average Bonchev–Trinajstić information content (AvgIpc) is 2.47. The van der Waals surface area contributed by atoms with Crippen molar-refractivity contribution in [3.63, 3.8) is 0 Å². The van der Waals surface area contributed by atoms with Gasteiger partial charge in [0.1, 0.15) is 0 Å². The van der Waals surface area contributed by atoms with Gasteiger partial charge in [-0.25, -0.2) is 13.1 Å². The first-order valence-electron chi connectivity index (χ1n) is 3.49. The number of nitrogens with zero attached hydrogens (tertiary/aromatic N) is 3. The van der Waals surface area contributed by atoms with Crippen molar-refractivity contribution in [3.05, 3.63) is 16.4 Å². The number of aromatic nitrogens is 2. The molecule has 0 saturated carbocycles. The number of rotatable bonds is 3. The van der Waals surface area contributed by atoms with E-state index in [1.807, 2.05) is 4.72 Å². The largest absolute Gasteiger partial charge is 0.402 e. The van der Waals surface area contributed by atoms with Gasteiger partial charge in [0, 0.05) is 7.05 Å². The summed E-state index contributed by atoms with van der Waals surface area (Å²) in [4.78, 5) is 13.0. The molecule has 0 unspecified atom stereocenters. The third-order valence-electron chi connectivity index (χ3n) is 1.56. The van der Waals surface area contributed by atoms with E-state index >= 15 is 0 Å². The standard InChI is InChI=1S/C5H8N4O4S/c1-6-14(12,13)5-4(9(10)11)7-3-8(5)2/h3,6H,1-2H3. The maximum atomic E-state index is 11.3. The third-order valence-corrected chi connectivity index (χ3v) is 3.08. The van der Waals surface area contributed by atoms with Crippen LogP contribution < -0.4 is 4.72 Å². The SMILES string of the molecule is CNS(=O)(=O)c1c([N+](=O)[O-])ncn1C. The number of hydrogen-bond acceptors (Lipinski definition) is 5. The molecular weight excluding hydrogens is 212 g/mol. The van der Waals surface area contributed by atoms with Crippen molar-refractivity contribution in [2.45, 2.75) is 5.03 Å². The van der Waals surface area contributed by atoms with Gasteiger partial charge in [0.25, 0.3) is 15.0 Å². The Hall–Kier alpha value is -1.48. The molecule has 8 nitrogen and oxygen atoms in total. The molecule has 1 N–H and O–H groups in total. The molecule has 0 aliphatic heterocycles. The number of nitrogens with one attached hydrogen (secondary N) is 1. The van der Waals surface area contributed by atoms with Gasteiger partial charge in [-0.2, -0.15) is 0 Å². The van der Waals surface area contributed by atoms with Crippen molar-refractivity contribution in [1.82, 2.24) is 14.3 Å². The van der Waals surface area contributed by atoms with E-state index in [9.17, 15) is 18.5 Å². The normalized spacial score (nSPS) is 11.6. The van der Waals surface area contributed by atoms with E-state index in [0.29, 0.717) is 0 Å². The monoisotopic (exact) mass is 220 g/mol. The highest BCUT2D eigenvalue weighted by molar-refractivity contribution is 7.89. The van der Waals surface area contributed by atoms with E-state index in [1.54, 1.807) is 0 Å². The predicted molar refractivity (Wildman–Crippen MR) is 46.1 cm³/mol. The molecule has 1 aromatic rings. The van der Waals surface area contributed by atoms with Crippen LogP contribution in [0, 0.1) is 10.1 Å². The van der Waals surface area contributed by atoms with Crippen LogP contribution in [0.15, 0.2) is 11.4 Å². The predicted octanol–water partition coefficient (Wildman–Crippen LogP) is -0.764. The maximum absolute atomic E-state index is 11.3.